The molecule has 0 aliphatic heterocycles. The van der Waals surface area contributed by atoms with Crippen LogP contribution in [-0.2, 0) is 28.6 Å². The van der Waals surface area contributed by atoms with Gasteiger partial charge in [0.1, 0.15) is 13.2 Å². The summed E-state index contributed by atoms with van der Waals surface area (Å²) in [5.41, 5.74) is 0. The maximum absolute atomic E-state index is 12.8. The van der Waals surface area contributed by atoms with Crippen molar-refractivity contribution < 1.29 is 28.6 Å². The van der Waals surface area contributed by atoms with Gasteiger partial charge in [0.2, 0.25) is 0 Å². The molecule has 63 heavy (non-hydrogen) atoms. The van der Waals surface area contributed by atoms with E-state index in [1.54, 1.807) is 0 Å². The Balaban J connectivity index is 4.49. The summed E-state index contributed by atoms with van der Waals surface area (Å²) in [6, 6.07) is 0. The van der Waals surface area contributed by atoms with Crippen LogP contribution in [0.3, 0.4) is 0 Å². The highest BCUT2D eigenvalue weighted by atomic mass is 16.6. The molecule has 0 N–H and O–H groups in total. The van der Waals surface area contributed by atoms with Crippen molar-refractivity contribution in [3.63, 3.8) is 0 Å². The monoisotopic (exact) mass is 879 g/mol. The Morgan fingerprint density at radius 2 is 0.587 bits per heavy atom. The summed E-state index contributed by atoms with van der Waals surface area (Å²) in [5.74, 6) is -0.970. The molecule has 0 aromatic heterocycles. The molecule has 6 nitrogen and oxygen atoms in total. The second kappa shape index (κ2) is 51.5. The SMILES string of the molecule is CCCCC/C=C\C/C=C\C/C=C\C/C=C\CCCC(=O)O[C@@H](COC(=O)CCCCCCC/C=C\CCCCCC)COC(=O)CCCCCCCCC/C=C\CCCCCC. The van der Waals surface area contributed by atoms with Crippen LogP contribution in [0.25, 0.3) is 0 Å². The molecule has 0 saturated carbocycles. The molecule has 0 rings (SSSR count). The average molecular weight is 879 g/mol. The van der Waals surface area contributed by atoms with Crippen molar-refractivity contribution in [3.05, 3.63) is 72.9 Å². The maximum Gasteiger partial charge on any atom is 0.306 e. The minimum absolute atomic E-state index is 0.102. The Morgan fingerprint density at radius 3 is 0.984 bits per heavy atom. The molecule has 362 valence electrons. The minimum Gasteiger partial charge on any atom is -0.462 e. The van der Waals surface area contributed by atoms with Crippen molar-refractivity contribution in [1.82, 2.24) is 0 Å². The van der Waals surface area contributed by atoms with Crippen LogP contribution in [0.4, 0.5) is 0 Å². The quantitative estimate of drug-likeness (QED) is 0.0262. The second-order valence-corrected chi connectivity index (χ2v) is 17.4. The lowest BCUT2D eigenvalue weighted by Gasteiger charge is -2.18. The summed E-state index contributed by atoms with van der Waals surface area (Å²) in [6.45, 7) is 6.53. The van der Waals surface area contributed by atoms with Crippen LogP contribution in [0.15, 0.2) is 72.9 Å². The first-order chi connectivity index (χ1) is 31.0. The molecular formula is C57H98O6. The molecule has 0 bridgehead atoms. The highest BCUT2D eigenvalue weighted by Crippen LogP contribution is 2.13. The molecule has 0 aromatic rings. The van der Waals surface area contributed by atoms with Gasteiger partial charge in [0.05, 0.1) is 0 Å². The standard InChI is InChI=1S/C57H98O6/c1-4-7-10-13-16-19-22-25-27-28-30-33-36-39-42-45-48-51-57(60)63-54(52-61-55(58)49-46-43-40-37-34-31-24-21-18-15-12-9-6-3)53-62-56(59)50-47-44-41-38-35-32-29-26-23-20-17-14-11-8-5-2/h16,19-21,23-25,27,30,33,39,42,54H,4-15,17-18,22,26,28-29,31-32,34-38,40-41,43-53H2,1-3H3/b19-16-,23-20-,24-21-,27-25-,33-30-,42-39-/t54-/m0/s1. The van der Waals surface area contributed by atoms with E-state index in [1.807, 2.05) is 0 Å². The minimum atomic E-state index is -0.808. The zero-order chi connectivity index (χ0) is 45.8. The summed E-state index contributed by atoms with van der Waals surface area (Å²) in [4.78, 5) is 38.0. The number of rotatable bonds is 47. The Hall–Kier alpha value is -3.15. The van der Waals surface area contributed by atoms with E-state index < -0.39 is 6.10 Å². The van der Waals surface area contributed by atoms with E-state index in [0.717, 1.165) is 70.6 Å². The van der Waals surface area contributed by atoms with Crippen LogP contribution in [0.2, 0.25) is 0 Å². The van der Waals surface area contributed by atoms with Gasteiger partial charge in [-0.05, 0) is 109 Å². The van der Waals surface area contributed by atoms with Gasteiger partial charge >= 0.3 is 17.9 Å². The number of carbonyl (C=O) groups is 3. The molecule has 0 aromatic carbocycles. The van der Waals surface area contributed by atoms with Gasteiger partial charge in [-0.25, -0.2) is 0 Å². The third-order valence-corrected chi connectivity index (χ3v) is 11.2. The average Bonchev–Trinajstić information content (AvgIpc) is 3.28. The molecular weight excluding hydrogens is 781 g/mol. The van der Waals surface area contributed by atoms with Gasteiger partial charge in [-0.15, -0.1) is 0 Å². The van der Waals surface area contributed by atoms with E-state index >= 15 is 0 Å². The van der Waals surface area contributed by atoms with Crippen molar-refractivity contribution >= 4 is 17.9 Å². The van der Waals surface area contributed by atoms with Gasteiger partial charge in [0, 0.05) is 19.3 Å². The molecule has 0 amide bonds. The van der Waals surface area contributed by atoms with Gasteiger partial charge in [0.15, 0.2) is 6.10 Å². The number of hydrogen-bond donors (Lipinski definition) is 0. The fourth-order valence-electron chi connectivity index (χ4n) is 7.13. The van der Waals surface area contributed by atoms with Gasteiger partial charge in [-0.2, -0.15) is 0 Å². The van der Waals surface area contributed by atoms with Gasteiger partial charge in [-0.3, -0.25) is 14.4 Å². The zero-order valence-corrected chi connectivity index (χ0v) is 41.3. The lowest BCUT2D eigenvalue weighted by molar-refractivity contribution is -0.167. The van der Waals surface area contributed by atoms with Crippen molar-refractivity contribution in [2.45, 2.75) is 258 Å². The molecule has 0 fully saturated rings. The zero-order valence-electron chi connectivity index (χ0n) is 41.3. The second-order valence-electron chi connectivity index (χ2n) is 17.4. The smallest absolute Gasteiger partial charge is 0.306 e. The Kier molecular flexibility index (Phi) is 48.9. The summed E-state index contributed by atoms with van der Waals surface area (Å²) >= 11 is 0. The van der Waals surface area contributed by atoms with Gasteiger partial charge in [-0.1, -0.05) is 196 Å². The number of carbonyl (C=O) groups excluding carboxylic acids is 3. The van der Waals surface area contributed by atoms with Crippen molar-refractivity contribution in [1.29, 1.82) is 0 Å². The van der Waals surface area contributed by atoms with Crippen LogP contribution >= 0.6 is 0 Å². The molecule has 0 aliphatic rings. The fourth-order valence-corrected chi connectivity index (χ4v) is 7.13. The van der Waals surface area contributed by atoms with E-state index in [9.17, 15) is 14.4 Å². The lowest BCUT2D eigenvalue weighted by atomic mass is 10.1. The van der Waals surface area contributed by atoms with Crippen LogP contribution in [0, 0.1) is 0 Å². The third kappa shape index (κ3) is 49.7. The van der Waals surface area contributed by atoms with Gasteiger partial charge < -0.3 is 14.2 Å². The van der Waals surface area contributed by atoms with Crippen molar-refractivity contribution in [2.75, 3.05) is 13.2 Å². The molecule has 0 saturated heterocycles. The number of ether oxygens (including phenoxy) is 3. The number of esters is 3. The normalized spacial score (nSPS) is 12.6. The first kappa shape index (κ1) is 59.9. The van der Waals surface area contributed by atoms with E-state index in [-0.39, 0.29) is 37.5 Å². The highest BCUT2D eigenvalue weighted by molar-refractivity contribution is 5.71. The molecule has 0 radical (unpaired) electrons. The summed E-state index contributed by atoms with van der Waals surface area (Å²) in [5, 5.41) is 0. The number of allylic oxidation sites excluding steroid dienone is 12. The van der Waals surface area contributed by atoms with Crippen molar-refractivity contribution in [3.8, 4) is 0 Å². The lowest BCUT2D eigenvalue weighted by Crippen LogP contribution is -2.30. The molecule has 0 heterocycles. The van der Waals surface area contributed by atoms with Crippen molar-refractivity contribution in [2.24, 2.45) is 0 Å². The van der Waals surface area contributed by atoms with E-state index in [1.165, 1.54) is 135 Å². The Labute approximate surface area is 389 Å². The molecule has 1 atom stereocenters. The van der Waals surface area contributed by atoms with Crippen LogP contribution in [-0.4, -0.2) is 37.2 Å². The predicted octanol–water partition coefficient (Wildman–Crippen LogP) is 17.4. The molecule has 6 heteroatoms. The maximum atomic E-state index is 12.8. The Bertz CT molecular complexity index is 1190. The highest BCUT2D eigenvalue weighted by Gasteiger charge is 2.19. The summed E-state index contributed by atoms with van der Waals surface area (Å²) in [6.07, 6.45) is 64.6. The number of hydrogen-bond acceptors (Lipinski definition) is 6. The molecule has 0 unspecified atom stereocenters. The van der Waals surface area contributed by atoms with Gasteiger partial charge in [0.25, 0.3) is 0 Å². The van der Waals surface area contributed by atoms with Crippen LogP contribution in [0.1, 0.15) is 252 Å². The molecule has 0 spiro atoms. The largest absolute Gasteiger partial charge is 0.462 e. The summed E-state index contributed by atoms with van der Waals surface area (Å²) in [7, 11) is 0. The molecule has 0 aliphatic carbocycles. The predicted molar refractivity (Wildman–Crippen MR) is 270 cm³/mol. The van der Waals surface area contributed by atoms with E-state index in [2.05, 4.69) is 93.7 Å². The number of unbranched alkanes of at least 4 members (excludes halogenated alkanes) is 24. The Morgan fingerprint density at radius 1 is 0.317 bits per heavy atom. The first-order valence-electron chi connectivity index (χ1n) is 26.4. The third-order valence-electron chi connectivity index (χ3n) is 11.2. The fraction of sp³-hybridized carbons (Fsp3) is 0.737. The van der Waals surface area contributed by atoms with E-state index in [0.29, 0.717) is 19.3 Å². The van der Waals surface area contributed by atoms with Crippen LogP contribution in [0.5, 0.6) is 0 Å². The first-order valence-corrected chi connectivity index (χ1v) is 26.4. The summed E-state index contributed by atoms with van der Waals surface area (Å²) < 4.78 is 16.7. The topological polar surface area (TPSA) is 78.9 Å². The van der Waals surface area contributed by atoms with Crippen LogP contribution < -0.4 is 0 Å². The van der Waals surface area contributed by atoms with E-state index in [4.69, 9.17) is 14.2 Å².